The van der Waals surface area contributed by atoms with Crippen molar-refractivity contribution in [3.63, 3.8) is 0 Å². The Labute approximate surface area is 145 Å². The second-order valence-electron chi connectivity index (χ2n) is 5.73. The number of nitrogens with two attached hydrogens (primary N) is 1. The molecule has 1 amide bonds. The first-order chi connectivity index (χ1) is 12.1. The van der Waals surface area contributed by atoms with Crippen LogP contribution in [0.5, 0.6) is 0 Å². The Balaban J connectivity index is 1.81. The Hall–Kier alpha value is -3.28. The van der Waals surface area contributed by atoms with Crippen LogP contribution in [0.4, 0.5) is 5.69 Å². The summed E-state index contributed by atoms with van der Waals surface area (Å²) in [4.78, 5) is 27.7. The molecule has 0 radical (unpaired) electrons. The summed E-state index contributed by atoms with van der Waals surface area (Å²) in [5.41, 5.74) is 8.55. The number of anilines is 1. The highest BCUT2D eigenvalue weighted by molar-refractivity contribution is 5.97. The zero-order chi connectivity index (χ0) is 17.8. The third-order valence-electron chi connectivity index (χ3n) is 4.06. The normalized spacial score (nSPS) is 11.9. The molecule has 128 valence electrons. The lowest BCUT2D eigenvalue weighted by Crippen LogP contribution is -2.43. The third-order valence-corrected chi connectivity index (χ3v) is 4.06. The molecule has 6 nitrogen and oxygen atoms in total. The second kappa shape index (κ2) is 7.09. The Morgan fingerprint density at radius 2 is 1.88 bits per heavy atom. The topological polar surface area (TPSA) is 97.2 Å². The number of esters is 1. The van der Waals surface area contributed by atoms with E-state index < -0.39 is 12.0 Å². The van der Waals surface area contributed by atoms with E-state index in [9.17, 15) is 9.59 Å². The fourth-order valence-electron chi connectivity index (χ4n) is 2.73. The molecule has 25 heavy (non-hydrogen) atoms. The number of rotatable bonds is 5. The molecule has 1 heterocycles. The SMILES string of the molecule is COC(=O)C(Cc1c[nH]c2ccccc12)NC(=O)c1ccc(N)cc1. The van der Waals surface area contributed by atoms with Gasteiger partial charge >= 0.3 is 5.97 Å². The van der Waals surface area contributed by atoms with E-state index in [0.717, 1.165) is 16.5 Å². The molecule has 0 aliphatic rings. The Kier molecular flexibility index (Phi) is 4.70. The maximum absolute atomic E-state index is 12.4. The minimum atomic E-state index is -0.783. The molecule has 0 saturated heterocycles. The predicted molar refractivity (Wildman–Crippen MR) is 96.1 cm³/mol. The van der Waals surface area contributed by atoms with E-state index in [1.54, 1.807) is 24.3 Å². The molecule has 0 fully saturated rings. The van der Waals surface area contributed by atoms with Crippen LogP contribution >= 0.6 is 0 Å². The van der Waals surface area contributed by atoms with Gasteiger partial charge in [0.25, 0.3) is 5.91 Å². The summed E-state index contributed by atoms with van der Waals surface area (Å²) >= 11 is 0. The summed E-state index contributed by atoms with van der Waals surface area (Å²) in [7, 11) is 1.31. The van der Waals surface area contributed by atoms with Gasteiger partial charge in [-0.15, -0.1) is 0 Å². The van der Waals surface area contributed by atoms with Crippen LogP contribution in [0, 0.1) is 0 Å². The molecule has 1 atom stereocenters. The van der Waals surface area contributed by atoms with Crippen molar-refractivity contribution in [1.29, 1.82) is 0 Å². The van der Waals surface area contributed by atoms with Gasteiger partial charge < -0.3 is 20.8 Å². The van der Waals surface area contributed by atoms with E-state index in [1.165, 1.54) is 7.11 Å². The van der Waals surface area contributed by atoms with Gasteiger partial charge in [0, 0.05) is 34.8 Å². The molecule has 4 N–H and O–H groups in total. The number of nitrogen functional groups attached to an aromatic ring is 1. The van der Waals surface area contributed by atoms with Gasteiger partial charge in [-0.05, 0) is 35.9 Å². The predicted octanol–water partition coefficient (Wildman–Crippen LogP) is 2.26. The lowest BCUT2D eigenvalue weighted by molar-refractivity contribution is -0.142. The lowest BCUT2D eigenvalue weighted by Gasteiger charge is -2.16. The second-order valence-corrected chi connectivity index (χ2v) is 5.73. The summed E-state index contributed by atoms with van der Waals surface area (Å²) in [6.45, 7) is 0. The van der Waals surface area contributed by atoms with Gasteiger partial charge in [0.2, 0.25) is 0 Å². The third kappa shape index (κ3) is 3.63. The van der Waals surface area contributed by atoms with Crippen LogP contribution in [0.15, 0.2) is 54.7 Å². The fourth-order valence-corrected chi connectivity index (χ4v) is 2.73. The first-order valence-electron chi connectivity index (χ1n) is 7.87. The van der Waals surface area contributed by atoms with Crippen molar-refractivity contribution in [1.82, 2.24) is 10.3 Å². The molecule has 3 aromatic rings. The van der Waals surface area contributed by atoms with Gasteiger partial charge in [0.05, 0.1) is 7.11 Å². The lowest BCUT2D eigenvalue weighted by atomic mass is 10.0. The number of fused-ring (bicyclic) bond motifs is 1. The van der Waals surface area contributed by atoms with Crippen molar-refractivity contribution < 1.29 is 14.3 Å². The minimum Gasteiger partial charge on any atom is -0.467 e. The van der Waals surface area contributed by atoms with Crippen LogP contribution in [-0.4, -0.2) is 30.0 Å². The number of carbonyl (C=O) groups is 2. The molecule has 1 unspecified atom stereocenters. The Morgan fingerprint density at radius 1 is 1.16 bits per heavy atom. The number of carbonyl (C=O) groups excluding carboxylic acids is 2. The van der Waals surface area contributed by atoms with Crippen LogP contribution in [0.25, 0.3) is 10.9 Å². The average molecular weight is 337 g/mol. The van der Waals surface area contributed by atoms with Gasteiger partial charge in [0.15, 0.2) is 0 Å². The van der Waals surface area contributed by atoms with Crippen molar-refractivity contribution in [3.05, 3.63) is 65.9 Å². The van der Waals surface area contributed by atoms with E-state index in [0.29, 0.717) is 17.7 Å². The number of aromatic amines is 1. The summed E-state index contributed by atoms with van der Waals surface area (Å²) in [6, 6.07) is 13.5. The number of methoxy groups -OCH3 is 1. The van der Waals surface area contributed by atoms with Crippen molar-refractivity contribution in [3.8, 4) is 0 Å². The molecule has 2 aromatic carbocycles. The largest absolute Gasteiger partial charge is 0.467 e. The van der Waals surface area contributed by atoms with E-state index >= 15 is 0 Å². The smallest absolute Gasteiger partial charge is 0.328 e. The van der Waals surface area contributed by atoms with E-state index in [4.69, 9.17) is 10.5 Å². The molecule has 6 heteroatoms. The number of ether oxygens (including phenoxy) is 1. The zero-order valence-corrected chi connectivity index (χ0v) is 13.8. The number of benzene rings is 2. The maximum Gasteiger partial charge on any atom is 0.328 e. The number of hydrogen-bond donors (Lipinski definition) is 3. The van der Waals surface area contributed by atoms with Gasteiger partial charge in [-0.2, -0.15) is 0 Å². The van der Waals surface area contributed by atoms with Crippen LogP contribution in [0.1, 0.15) is 15.9 Å². The van der Waals surface area contributed by atoms with E-state index in [2.05, 4.69) is 10.3 Å². The van der Waals surface area contributed by atoms with Crippen LogP contribution in [0.2, 0.25) is 0 Å². The van der Waals surface area contributed by atoms with Crippen molar-refractivity contribution >= 4 is 28.5 Å². The molecule has 0 saturated carbocycles. The summed E-state index contributed by atoms with van der Waals surface area (Å²) in [6.07, 6.45) is 2.17. The molecule has 3 rings (SSSR count). The number of nitrogens with one attached hydrogen (secondary N) is 2. The summed E-state index contributed by atoms with van der Waals surface area (Å²) in [5, 5.41) is 3.75. The first kappa shape index (κ1) is 16.6. The number of amides is 1. The maximum atomic E-state index is 12.4. The minimum absolute atomic E-state index is 0.331. The highest BCUT2D eigenvalue weighted by atomic mass is 16.5. The molecule has 0 aliphatic carbocycles. The quantitative estimate of drug-likeness (QED) is 0.491. The Bertz CT molecular complexity index is 900. The van der Waals surface area contributed by atoms with Gasteiger partial charge in [-0.1, -0.05) is 18.2 Å². The van der Waals surface area contributed by atoms with Crippen molar-refractivity contribution in [2.45, 2.75) is 12.5 Å². The number of H-pyrrole nitrogens is 1. The highest BCUT2D eigenvalue weighted by Crippen LogP contribution is 2.19. The number of hydrogen-bond acceptors (Lipinski definition) is 4. The van der Waals surface area contributed by atoms with Crippen LogP contribution in [-0.2, 0) is 16.0 Å². The van der Waals surface area contributed by atoms with Crippen LogP contribution < -0.4 is 11.1 Å². The standard InChI is InChI=1S/C19H19N3O3/c1-25-19(24)17(22-18(23)12-6-8-14(20)9-7-12)10-13-11-21-16-5-3-2-4-15(13)16/h2-9,11,17,21H,10,20H2,1H3,(H,22,23). The fraction of sp³-hybridized carbons (Fsp3) is 0.158. The molecule has 0 spiro atoms. The average Bonchev–Trinajstić information content (AvgIpc) is 3.04. The highest BCUT2D eigenvalue weighted by Gasteiger charge is 2.23. The van der Waals surface area contributed by atoms with Gasteiger partial charge in [-0.25, -0.2) is 4.79 Å². The number of aromatic nitrogens is 1. The number of para-hydroxylation sites is 1. The van der Waals surface area contributed by atoms with Crippen LogP contribution in [0.3, 0.4) is 0 Å². The van der Waals surface area contributed by atoms with E-state index in [1.807, 2.05) is 30.5 Å². The summed E-state index contributed by atoms with van der Waals surface area (Å²) < 4.78 is 4.85. The summed E-state index contributed by atoms with van der Waals surface area (Å²) in [5.74, 6) is -0.843. The van der Waals surface area contributed by atoms with E-state index in [-0.39, 0.29) is 5.91 Å². The molecule has 1 aromatic heterocycles. The van der Waals surface area contributed by atoms with Gasteiger partial charge in [-0.3, -0.25) is 4.79 Å². The molecular weight excluding hydrogens is 318 g/mol. The molecule has 0 bridgehead atoms. The molecule has 0 aliphatic heterocycles. The van der Waals surface area contributed by atoms with Crippen molar-refractivity contribution in [2.75, 3.05) is 12.8 Å². The van der Waals surface area contributed by atoms with Gasteiger partial charge in [0.1, 0.15) is 6.04 Å². The Morgan fingerprint density at radius 3 is 2.60 bits per heavy atom. The molecular formula is C19H19N3O3. The zero-order valence-electron chi connectivity index (χ0n) is 13.8. The van der Waals surface area contributed by atoms with Crippen molar-refractivity contribution in [2.24, 2.45) is 0 Å². The first-order valence-corrected chi connectivity index (χ1v) is 7.87. The monoisotopic (exact) mass is 337 g/mol.